The van der Waals surface area contributed by atoms with Gasteiger partial charge in [0.2, 0.25) is 5.78 Å². The highest BCUT2D eigenvalue weighted by Crippen LogP contribution is 2.53. The summed E-state index contributed by atoms with van der Waals surface area (Å²) in [5.74, 6) is -5.90. The number of allylic oxidation sites excluding steroid dienone is 6. The molecule has 6 N–H and O–H groups in total. The van der Waals surface area contributed by atoms with Gasteiger partial charge in [-0.3, -0.25) is 14.4 Å². The molecule has 160 valence electrons. The Hall–Kier alpha value is -3.07. The van der Waals surface area contributed by atoms with Crippen molar-refractivity contribution < 1.29 is 34.8 Å². The predicted octanol–water partition coefficient (Wildman–Crippen LogP) is 0.830. The summed E-state index contributed by atoms with van der Waals surface area (Å²) in [7, 11) is 3.70. The lowest BCUT2D eigenvalue weighted by Gasteiger charge is -2.46. The van der Waals surface area contributed by atoms with Gasteiger partial charge in [0.05, 0.1) is 5.57 Å². The molecule has 0 aliphatic heterocycles. The number of carbonyl (C=O) groups is 3. The van der Waals surface area contributed by atoms with E-state index in [0.717, 1.165) is 5.70 Å². The number of nitrogens with zero attached hydrogens (tertiary/aromatic N) is 1. The highest BCUT2D eigenvalue weighted by Gasteiger charge is 2.60. The number of aliphatic hydroxyl groups excluding tert-OH is 3. The average molecular weight is 416 g/mol. The summed E-state index contributed by atoms with van der Waals surface area (Å²) in [5, 5.41) is 42.7. The molecule has 0 spiro atoms. The Morgan fingerprint density at radius 3 is 2.37 bits per heavy atom. The van der Waals surface area contributed by atoms with E-state index in [1.165, 1.54) is 0 Å². The maximum absolute atomic E-state index is 13.3. The van der Waals surface area contributed by atoms with Gasteiger partial charge in [-0.15, -0.1) is 0 Å². The molecule has 4 aliphatic rings. The standard InChI is InChI=1S/C21H24N2O7/c1-23(2)11-3-4-12(24)15-10(11)6-8-5-9-7-13(25)16(20(22)29)19(28)21(9,30)18(27)14(8)17(15)26/h8-9,24-25,27,30H,3-7H2,1-2H3,(H2,22,29)/t8-,9+,21+/m1/s1. The summed E-state index contributed by atoms with van der Waals surface area (Å²) in [6, 6.07) is 0. The van der Waals surface area contributed by atoms with Gasteiger partial charge in [-0.05, 0) is 30.8 Å². The number of amides is 1. The number of fused-ring (bicyclic) bond motifs is 3. The summed E-state index contributed by atoms with van der Waals surface area (Å²) < 4.78 is 0. The lowest BCUT2D eigenvalue weighted by atomic mass is 9.59. The van der Waals surface area contributed by atoms with Crippen LogP contribution in [0, 0.1) is 11.8 Å². The van der Waals surface area contributed by atoms with Crippen LogP contribution in [0.4, 0.5) is 0 Å². The third-order valence-corrected chi connectivity index (χ3v) is 6.73. The summed E-state index contributed by atoms with van der Waals surface area (Å²) in [6.07, 6.45) is 1.09. The fourth-order valence-corrected chi connectivity index (χ4v) is 5.33. The molecule has 9 nitrogen and oxygen atoms in total. The summed E-state index contributed by atoms with van der Waals surface area (Å²) >= 11 is 0. The SMILES string of the molecule is CN(C)C1=C2C[C@H]3C[C@H]4CC(O)=C(C(N)=O)C(=O)[C@@]4(O)C(O)=C3C(=O)C2=C(O)CC1. The summed E-state index contributed by atoms with van der Waals surface area (Å²) in [5.41, 5.74) is 3.47. The van der Waals surface area contributed by atoms with Crippen LogP contribution in [0.5, 0.6) is 0 Å². The first kappa shape index (κ1) is 20.2. The van der Waals surface area contributed by atoms with Gasteiger partial charge in [0.15, 0.2) is 11.4 Å². The number of Topliss-reactive ketones (excluding diaryl/α,β-unsaturated/α-hetero) is 2. The number of aliphatic hydroxyl groups is 4. The van der Waals surface area contributed by atoms with Crippen LogP contribution in [0.2, 0.25) is 0 Å². The first-order valence-corrected chi connectivity index (χ1v) is 9.79. The Bertz CT molecular complexity index is 1030. The monoisotopic (exact) mass is 416 g/mol. The van der Waals surface area contributed by atoms with Crippen molar-refractivity contribution in [3.8, 4) is 0 Å². The molecule has 0 saturated heterocycles. The molecule has 1 saturated carbocycles. The fourth-order valence-electron chi connectivity index (χ4n) is 5.33. The lowest BCUT2D eigenvalue weighted by Crippen LogP contribution is -2.57. The second kappa shape index (κ2) is 6.46. The maximum Gasteiger partial charge on any atom is 0.255 e. The molecular formula is C21H24N2O7. The fraction of sp³-hybridized carbons (Fsp3) is 0.476. The highest BCUT2D eigenvalue weighted by molar-refractivity contribution is 6.24. The van der Waals surface area contributed by atoms with Crippen molar-refractivity contribution in [2.75, 3.05) is 14.1 Å². The highest BCUT2D eigenvalue weighted by atomic mass is 16.3. The normalized spacial score (nSPS) is 31.6. The van der Waals surface area contributed by atoms with Crippen molar-refractivity contribution in [2.45, 2.75) is 37.7 Å². The third-order valence-electron chi connectivity index (χ3n) is 6.73. The molecule has 1 fully saturated rings. The van der Waals surface area contributed by atoms with Crippen molar-refractivity contribution in [2.24, 2.45) is 17.6 Å². The minimum atomic E-state index is -2.52. The first-order chi connectivity index (χ1) is 14.0. The minimum absolute atomic E-state index is 0.0844. The lowest BCUT2D eigenvalue weighted by molar-refractivity contribution is -0.144. The van der Waals surface area contributed by atoms with E-state index in [-0.39, 0.29) is 36.2 Å². The van der Waals surface area contributed by atoms with Crippen molar-refractivity contribution in [3.05, 3.63) is 45.3 Å². The molecule has 3 atom stereocenters. The number of rotatable bonds is 2. The van der Waals surface area contributed by atoms with E-state index < -0.39 is 52.0 Å². The molecule has 4 aliphatic carbocycles. The predicted molar refractivity (Wildman–Crippen MR) is 104 cm³/mol. The van der Waals surface area contributed by atoms with Crippen LogP contribution in [-0.2, 0) is 14.4 Å². The van der Waals surface area contributed by atoms with Gasteiger partial charge in [-0.25, -0.2) is 0 Å². The minimum Gasteiger partial charge on any atom is -0.512 e. The van der Waals surface area contributed by atoms with Crippen molar-refractivity contribution in [3.63, 3.8) is 0 Å². The average Bonchev–Trinajstić information content (AvgIpc) is 2.64. The Kier molecular flexibility index (Phi) is 4.36. The van der Waals surface area contributed by atoms with Crippen molar-refractivity contribution in [1.29, 1.82) is 0 Å². The van der Waals surface area contributed by atoms with Crippen LogP contribution in [0.15, 0.2) is 45.3 Å². The van der Waals surface area contributed by atoms with Gasteiger partial charge >= 0.3 is 0 Å². The van der Waals surface area contributed by atoms with Gasteiger partial charge in [0, 0.05) is 44.1 Å². The molecule has 30 heavy (non-hydrogen) atoms. The van der Waals surface area contributed by atoms with Gasteiger partial charge in [0.25, 0.3) is 5.91 Å². The zero-order chi connectivity index (χ0) is 22.1. The van der Waals surface area contributed by atoms with Crippen molar-refractivity contribution in [1.82, 2.24) is 4.90 Å². The Labute approximate surface area is 172 Å². The van der Waals surface area contributed by atoms with Crippen LogP contribution in [0.1, 0.15) is 32.1 Å². The van der Waals surface area contributed by atoms with Gasteiger partial charge in [0.1, 0.15) is 22.9 Å². The topological polar surface area (TPSA) is 161 Å². The molecule has 1 amide bonds. The second-order valence-corrected chi connectivity index (χ2v) is 8.55. The Balaban J connectivity index is 1.89. The Morgan fingerprint density at radius 2 is 1.77 bits per heavy atom. The first-order valence-electron chi connectivity index (χ1n) is 9.79. The van der Waals surface area contributed by atoms with E-state index in [4.69, 9.17) is 5.73 Å². The molecule has 0 aromatic rings. The van der Waals surface area contributed by atoms with E-state index in [0.29, 0.717) is 18.4 Å². The number of carbonyl (C=O) groups excluding carboxylic acids is 3. The van der Waals surface area contributed by atoms with E-state index >= 15 is 0 Å². The van der Waals surface area contributed by atoms with E-state index in [1.54, 1.807) is 0 Å². The number of primary amides is 1. The number of hydrogen-bond donors (Lipinski definition) is 5. The van der Waals surface area contributed by atoms with Crippen LogP contribution in [0.3, 0.4) is 0 Å². The zero-order valence-electron chi connectivity index (χ0n) is 16.7. The van der Waals surface area contributed by atoms with E-state index in [9.17, 15) is 34.8 Å². The number of hydrogen-bond acceptors (Lipinski definition) is 8. The molecule has 4 rings (SSSR count). The maximum atomic E-state index is 13.3. The molecular weight excluding hydrogens is 392 g/mol. The smallest absolute Gasteiger partial charge is 0.255 e. The van der Waals surface area contributed by atoms with Crippen LogP contribution in [0.25, 0.3) is 0 Å². The Morgan fingerprint density at radius 1 is 1.10 bits per heavy atom. The largest absolute Gasteiger partial charge is 0.512 e. The molecule has 0 heterocycles. The van der Waals surface area contributed by atoms with Crippen molar-refractivity contribution >= 4 is 17.5 Å². The molecule has 0 aromatic carbocycles. The zero-order valence-corrected chi connectivity index (χ0v) is 16.7. The van der Waals surface area contributed by atoms with E-state index in [1.807, 2.05) is 19.0 Å². The van der Waals surface area contributed by atoms with Crippen LogP contribution < -0.4 is 5.73 Å². The third kappa shape index (κ3) is 2.48. The molecule has 0 bridgehead atoms. The van der Waals surface area contributed by atoms with Crippen LogP contribution in [-0.4, -0.2) is 62.5 Å². The number of nitrogens with two attached hydrogens (primary N) is 1. The van der Waals surface area contributed by atoms with Gasteiger partial charge in [-0.2, -0.15) is 0 Å². The second-order valence-electron chi connectivity index (χ2n) is 8.55. The summed E-state index contributed by atoms with van der Waals surface area (Å²) in [4.78, 5) is 39.7. The summed E-state index contributed by atoms with van der Waals surface area (Å²) in [6.45, 7) is 0. The number of ketones is 2. The molecule has 9 heteroatoms. The molecule has 0 aromatic heterocycles. The molecule has 0 unspecified atom stereocenters. The molecule has 0 radical (unpaired) electrons. The van der Waals surface area contributed by atoms with Gasteiger partial charge in [-0.1, -0.05) is 0 Å². The van der Waals surface area contributed by atoms with E-state index in [2.05, 4.69) is 0 Å². The van der Waals surface area contributed by atoms with Gasteiger partial charge < -0.3 is 31.1 Å². The quantitative estimate of drug-likeness (QED) is 0.414. The van der Waals surface area contributed by atoms with Crippen LogP contribution >= 0.6 is 0 Å².